The molecule has 0 radical (unpaired) electrons. The van der Waals surface area contributed by atoms with Gasteiger partial charge in [0.2, 0.25) is 5.91 Å². The second-order valence-corrected chi connectivity index (χ2v) is 5.73. The number of methoxy groups -OCH3 is 1. The molecule has 1 aromatic rings. The monoisotopic (exact) mass is 331 g/mol. The second kappa shape index (κ2) is 9.38. The van der Waals surface area contributed by atoms with Gasteiger partial charge in [-0.2, -0.15) is 11.8 Å². The highest BCUT2D eigenvalue weighted by Crippen LogP contribution is 2.06. The maximum Gasteiger partial charge on any atom is 0.330 e. The zero-order valence-corrected chi connectivity index (χ0v) is 13.4. The quantitative estimate of drug-likeness (QED) is 0.352. The Kier molecular flexibility index (Phi) is 7.85. The highest BCUT2D eigenvalue weighted by Gasteiger charge is 2.23. The van der Waals surface area contributed by atoms with E-state index in [-0.39, 0.29) is 0 Å². The molecule has 4 N–H and O–H groups in total. The minimum absolute atomic E-state index is 0.394. The number of thioether (sulfide) groups is 1. The normalized spacial score (nSPS) is 13.5. The number of aliphatic hydroxyl groups excluding tert-OH is 1. The van der Waals surface area contributed by atoms with Gasteiger partial charge in [0, 0.05) is 25.4 Å². The minimum Gasteiger partial charge on any atom is -0.467 e. The number of nitrogens with one attached hydrogen (secondary N) is 1. The number of hydrogen-bond donors (Lipinski definition) is 3. The van der Waals surface area contributed by atoms with Crippen molar-refractivity contribution >= 4 is 23.6 Å². The molecular formula is C12H21N5O4S. The summed E-state index contributed by atoms with van der Waals surface area (Å²) < 4.78 is 6.08. The van der Waals surface area contributed by atoms with Crippen LogP contribution in [-0.4, -0.2) is 69.3 Å². The number of nitrogens with zero attached hydrogens (tertiary/aromatic N) is 3. The van der Waals surface area contributed by atoms with Gasteiger partial charge >= 0.3 is 5.97 Å². The molecule has 9 nitrogen and oxygen atoms in total. The summed E-state index contributed by atoms with van der Waals surface area (Å²) in [7, 11) is 2.97. The zero-order chi connectivity index (χ0) is 16.5. The Morgan fingerprint density at radius 2 is 2.32 bits per heavy atom. The summed E-state index contributed by atoms with van der Waals surface area (Å²) in [5.41, 5.74) is 6.62. The van der Waals surface area contributed by atoms with E-state index < -0.39 is 30.6 Å². The van der Waals surface area contributed by atoms with Crippen molar-refractivity contribution in [2.24, 2.45) is 12.8 Å². The van der Waals surface area contributed by atoms with Crippen LogP contribution in [0, 0.1) is 0 Å². The SMILES string of the molecule is COC(=O)[C@H](CO)NC(=O)[C@@H](N)CSCCc1cn(C)nn1. The molecule has 0 aliphatic rings. The van der Waals surface area contributed by atoms with Crippen LogP contribution in [0.3, 0.4) is 0 Å². The van der Waals surface area contributed by atoms with Crippen LogP contribution in [0.1, 0.15) is 5.69 Å². The van der Waals surface area contributed by atoms with Crippen LogP contribution in [0.4, 0.5) is 0 Å². The predicted molar refractivity (Wildman–Crippen MR) is 81.0 cm³/mol. The van der Waals surface area contributed by atoms with E-state index in [2.05, 4.69) is 20.4 Å². The molecule has 0 aliphatic carbocycles. The summed E-state index contributed by atoms with van der Waals surface area (Å²) in [6.45, 7) is -0.537. The molecule has 0 spiro atoms. The van der Waals surface area contributed by atoms with E-state index in [1.165, 1.54) is 18.9 Å². The molecule has 22 heavy (non-hydrogen) atoms. The van der Waals surface area contributed by atoms with Crippen molar-refractivity contribution in [1.82, 2.24) is 20.3 Å². The van der Waals surface area contributed by atoms with Gasteiger partial charge in [-0.25, -0.2) is 4.79 Å². The molecule has 0 fully saturated rings. The van der Waals surface area contributed by atoms with Crippen LogP contribution in [0.2, 0.25) is 0 Å². The number of esters is 1. The molecule has 10 heteroatoms. The van der Waals surface area contributed by atoms with Gasteiger partial charge in [-0.05, 0) is 5.75 Å². The number of aliphatic hydroxyl groups is 1. The fraction of sp³-hybridized carbons (Fsp3) is 0.667. The first-order chi connectivity index (χ1) is 10.5. The smallest absolute Gasteiger partial charge is 0.330 e. The summed E-state index contributed by atoms with van der Waals surface area (Å²) in [6.07, 6.45) is 2.56. The largest absolute Gasteiger partial charge is 0.467 e. The number of aromatic nitrogens is 3. The first kappa shape index (κ1) is 18.4. The third-order valence-corrected chi connectivity index (χ3v) is 3.86. The molecule has 124 valence electrons. The summed E-state index contributed by atoms with van der Waals surface area (Å²) in [6, 6.07) is -1.86. The van der Waals surface area contributed by atoms with Crippen molar-refractivity contribution in [2.45, 2.75) is 18.5 Å². The Labute approximate surface area is 132 Å². The predicted octanol–water partition coefficient (Wildman–Crippen LogP) is -1.93. The van der Waals surface area contributed by atoms with E-state index in [4.69, 9.17) is 10.8 Å². The van der Waals surface area contributed by atoms with Gasteiger partial charge in [-0.1, -0.05) is 5.21 Å². The molecule has 2 atom stereocenters. The highest BCUT2D eigenvalue weighted by molar-refractivity contribution is 7.99. The average molecular weight is 331 g/mol. The highest BCUT2D eigenvalue weighted by atomic mass is 32.2. The number of rotatable bonds is 9. The molecule has 1 amide bonds. The summed E-state index contributed by atoms with van der Waals surface area (Å²) in [4.78, 5) is 23.1. The number of nitrogens with two attached hydrogens (primary N) is 1. The van der Waals surface area contributed by atoms with Crippen molar-refractivity contribution in [3.05, 3.63) is 11.9 Å². The third kappa shape index (κ3) is 6.00. The Hall–Kier alpha value is -1.65. The van der Waals surface area contributed by atoms with Gasteiger partial charge in [0.15, 0.2) is 6.04 Å². The first-order valence-electron chi connectivity index (χ1n) is 6.65. The topological polar surface area (TPSA) is 132 Å². The van der Waals surface area contributed by atoms with Gasteiger partial charge in [0.25, 0.3) is 0 Å². The maximum absolute atomic E-state index is 11.8. The Morgan fingerprint density at radius 3 is 2.86 bits per heavy atom. The summed E-state index contributed by atoms with van der Waals surface area (Å²) >= 11 is 1.50. The molecule has 1 rings (SSSR count). The molecule has 0 unspecified atom stereocenters. The Morgan fingerprint density at radius 1 is 1.59 bits per heavy atom. The van der Waals surface area contributed by atoms with Gasteiger partial charge in [-0.3, -0.25) is 9.48 Å². The van der Waals surface area contributed by atoms with Crippen molar-refractivity contribution < 1.29 is 19.4 Å². The lowest BCUT2D eigenvalue weighted by Crippen LogP contribution is -2.51. The van der Waals surface area contributed by atoms with Crippen LogP contribution in [0.25, 0.3) is 0 Å². The second-order valence-electron chi connectivity index (χ2n) is 4.58. The molecule has 0 aromatic carbocycles. The third-order valence-electron chi connectivity index (χ3n) is 2.77. The number of ether oxygens (including phenoxy) is 1. The van der Waals surface area contributed by atoms with E-state index in [1.54, 1.807) is 11.7 Å². The fourth-order valence-electron chi connectivity index (χ4n) is 1.57. The first-order valence-corrected chi connectivity index (χ1v) is 7.81. The van der Waals surface area contributed by atoms with Gasteiger partial charge in [-0.15, -0.1) is 5.10 Å². The molecule has 0 saturated heterocycles. The van der Waals surface area contributed by atoms with Crippen LogP contribution in [0.5, 0.6) is 0 Å². The number of carbonyl (C=O) groups is 2. The lowest BCUT2D eigenvalue weighted by molar-refractivity contribution is -0.146. The summed E-state index contributed by atoms with van der Waals surface area (Å²) in [5, 5.41) is 19.2. The molecule has 1 aromatic heterocycles. The van der Waals surface area contributed by atoms with E-state index in [1.807, 2.05) is 6.20 Å². The number of amides is 1. The van der Waals surface area contributed by atoms with Gasteiger partial charge in [0.1, 0.15) is 0 Å². The number of hydrogen-bond acceptors (Lipinski definition) is 8. The Balaban J connectivity index is 2.27. The summed E-state index contributed by atoms with van der Waals surface area (Å²) in [5.74, 6) is -0.0688. The van der Waals surface area contributed by atoms with Crippen molar-refractivity contribution in [3.8, 4) is 0 Å². The van der Waals surface area contributed by atoms with Gasteiger partial charge < -0.3 is 20.9 Å². The standard InChI is InChI=1S/C12H21N5O4S/c1-17-5-8(15-16-17)3-4-22-7-9(13)11(19)14-10(6-18)12(20)21-2/h5,9-10,18H,3-4,6-7,13H2,1-2H3,(H,14,19)/t9-,10-/m0/s1. The lowest BCUT2D eigenvalue weighted by atomic mass is 10.2. The van der Waals surface area contributed by atoms with Crippen molar-refractivity contribution in [3.63, 3.8) is 0 Å². The van der Waals surface area contributed by atoms with Crippen molar-refractivity contribution in [2.75, 3.05) is 25.2 Å². The van der Waals surface area contributed by atoms with Gasteiger partial charge in [0.05, 0.1) is 25.5 Å². The molecular weight excluding hydrogens is 310 g/mol. The molecule has 0 aliphatic heterocycles. The minimum atomic E-state index is -1.09. The van der Waals surface area contributed by atoms with Crippen LogP contribution in [-0.2, 0) is 27.8 Å². The van der Waals surface area contributed by atoms with E-state index in [9.17, 15) is 9.59 Å². The van der Waals surface area contributed by atoms with Crippen LogP contribution in [0.15, 0.2) is 6.20 Å². The average Bonchev–Trinajstić information content (AvgIpc) is 2.93. The van der Waals surface area contributed by atoms with Crippen LogP contribution >= 0.6 is 11.8 Å². The van der Waals surface area contributed by atoms with E-state index >= 15 is 0 Å². The number of aryl methyl sites for hydroxylation is 2. The maximum atomic E-state index is 11.8. The van der Waals surface area contributed by atoms with Crippen LogP contribution < -0.4 is 11.1 Å². The van der Waals surface area contributed by atoms with E-state index in [0.29, 0.717) is 5.75 Å². The van der Waals surface area contributed by atoms with Crippen molar-refractivity contribution in [1.29, 1.82) is 0 Å². The van der Waals surface area contributed by atoms with E-state index in [0.717, 1.165) is 17.9 Å². The molecule has 1 heterocycles. The Bertz CT molecular complexity index is 496. The lowest BCUT2D eigenvalue weighted by Gasteiger charge is -2.17. The fourth-order valence-corrected chi connectivity index (χ4v) is 2.50. The number of carbonyl (C=O) groups excluding carboxylic acids is 2. The molecule has 0 bridgehead atoms. The molecule has 0 saturated carbocycles. The zero-order valence-electron chi connectivity index (χ0n) is 12.6.